The summed E-state index contributed by atoms with van der Waals surface area (Å²) in [4.78, 5) is 36.0. The van der Waals surface area contributed by atoms with Gasteiger partial charge in [-0.1, -0.05) is 6.42 Å². The number of esters is 2. The van der Waals surface area contributed by atoms with Crippen molar-refractivity contribution in [1.82, 2.24) is 4.90 Å². The number of hydrogen-bond acceptors (Lipinski definition) is 5. The molecule has 1 heterocycles. The standard InChI is InChI=1S/C12H17NO5/c1-17-11(15)8-9(12(16)18-2)13-7-5-3-4-6-10(13)14/h8H,3-7H2,1-2H3/b9-8+. The molecule has 1 rings (SSSR count). The molecular formula is C12H17NO5. The van der Waals surface area contributed by atoms with E-state index in [-0.39, 0.29) is 11.6 Å². The third kappa shape index (κ3) is 3.58. The minimum atomic E-state index is -0.712. The van der Waals surface area contributed by atoms with E-state index >= 15 is 0 Å². The molecule has 100 valence electrons. The van der Waals surface area contributed by atoms with Crippen molar-refractivity contribution in [3.05, 3.63) is 11.8 Å². The minimum Gasteiger partial charge on any atom is -0.466 e. The van der Waals surface area contributed by atoms with E-state index < -0.39 is 11.9 Å². The first-order chi connectivity index (χ1) is 8.60. The summed E-state index contributed by atoms with van der Waals surface area (Å²) < 4.78 is 9.06. The number of rotatable bonds is 3. The van der Waals surface area contributed by atoms with Crippen molar-refractivity contribution in [2.45, 2.75) is 25.7 Å². The molecule has 0 aliphatic carbocycles. The highest BCUT2D eigenvalue weighted by Gasteiger charge is 2.26. The van der Waals surface area contributed by atoms with Crippen LogP contribution < -0.4 is 0 Å². The van der Waals surface area contributed by atoms with E-state index in [0.717, 1.165) is 25.3 Å². The van der Waals surface area contributed by atoms with Crippen LogP contribution in [0.2, 0.25) is 0 Å². The highest BCUT2D eigenvalue weighted by Crippen LogP contribution is 2.17. The van der Waals surface area contributed by atoms with Gasteiger partial charge in [-0.25, -0.2) is 9.59 Å². The van der Waals surface area contributed by atoms with Crippen LogP contribution in [0.4, 0.5) is 0 Å². The lowest BCUT2D eigenvalue weighted by atomic mass is 10.2. The first-order valence-electron chi connectivity index (χ1n) is 5.78. The molecule has 1 fully saturated rings. The molecule has 1 saturated heterocycles. The van der Waals surface area contributed by atoms with Crippen LogP contribution in [-0.2, 0) is 23.9 Å². The molecule has 6 heteroatoms. The average Bonchev–Trinajstić information content (AvgIpc) is 2.59. The Morgan fingerprint density at radius 2 is 1.89 bits per heavy atom. The summed E-state index contributed by atoms with van der Waals surface area (Å²) in [6, 6.07) is 0. The number of carbonyl (C=O) groups excluding carboxylic acids is 3. The maximum Gasteiger partial charge on any atom is 0.355 e. The topological polar surface area (TPSA) is 72.9 Å². The zero-order valence-corrected chi connectivity index (χ0v) is 10.6. The van der Waals surface area contributed by atoms with Gasteiger partial charge in [-0.05, 0) is 12.8 Å². The first kappa shape index (κ1) is 14.2. The normalized spacial score (nSPS) is 17.1. The van der Waals surface area contributed by atoms with Crippen LogP contribution in [0.3, 0.4) is 0 Å². The first-order valence-corrected chi connectivity index (χ1v) is 5.78. The fourth-order valence-electron chi connectivity index (χ4n) is 1.76. The Morgan fingerprint density at radius 1 is 1.17 bits per heavy atom. The van der Waals surface area contributed by atoms with Gasteiger partial charge in [0.15, 0.2) is 0 Å². The summed E-state index contributed by atoms with van der Waals surface area (Å²) in [5, 5.41) is 0. The summed E-state index contributed by atoms with van der Waals surface area (Å²) in [5.74, 6) is -1.57. The second-order valence-electron chi connectivity index (χ2n) is 3.90. The quantitative estimate of drug-likeness (QED) is 0.546. The van der Waals surface area contributed by atoms with E-state index in [0.29, 0.717) is 13.0 Å². The van der Waals surface area contributed by atoms with Crippen LogP contribution >= 0.6 is 0 Å². The molecular weight excluding hydrogens is 238 g/mol. The Balaban J connectivity index is 3.00. The van der Waals surface area contributed by atoms with Gasteiger partial charge < -0.3 is 14.4 Å². The molecule has 0 aromatic carbocycles. The Hall–Kier alpha value is -1.85. The lowest BCUT2D eigenvalue weighted by Gasteiger charge is -2.21. The molecule has 0 aromatic rings. The van der Waals surface area contributed by atoms with Crippen molar-refractivity contribution >= 4 is 17.8 Å². The van der Waals surface area contributed by atoms with Crippen LogP contribution in [0, 0.1) is 0 Å². The van der Waals surface area contributed by atoms with Gasteiger partial charge in [-0.15, -0.1) is 0 Å². The molecule has 1 aliphatic heterocycles. The molecule has 6 nitrogen and oxygen atoms in total. The van der Waals surface area contributed by atoms with Crippen molar-refractivity contribution in [1.29, 1.82) is 0 Å². The molecule has 0 bridgehead atoms. The molecule has 0 saturated carbocycles. The predicted molar refractivity (Wildman–Crippen MR) is 62.3 cm³/mol. The van der Waals surface area contributed by atoms with Crippen molar-refractivity contribution < 1.29 is 23.9 Å². The average molecular weight is 255 g/mol. The molecule has 0 N–H and O–H groups in total. The van der Waals surface area contributed by atoms with Gasteiger partial charge in [0, 0.05) is 13.0 Å². The number of carbonyl (C=O) groups is 3. The lowest BCUT2D eigenvalue weighted by Crippen LogP contribution is -2.34. The molecule has 0 aromatic heterocycles. The fraction of sp³-hybridized carbons (Fsp3) is 0.583. The van der Waals surface area contributed by atoms with Crippen molar-refractivity contribution in [2.24, 2.45) is 0 Å². The van der Waals surface area contributed by atoms with Gasteiger partial charge in [-0.2, -0.15) is 0 Å². The fourth-order valence-corrected chi connectivity index (χ4v) is 1.76. The zero-order valence-electron chi connectivity index (χ0n) is 10.6. The van der Waals surface area contributed by atoms with Gasteiger partial charge in [0.25, 0.3) is 0 Å². The summed E-state index contributed by atoms with van der Waals surface area (Å²) in [5.41, 5.74) is -0.0590. The van der Waals surface area contributed by atoms with Gasteiger partial charge in [0.2, 0.25) is 5.91 Å². The molecule has 1 aliphatic rings. The number of amides is 1. The number of likely N-dealkylation sites (tertiary alicyclic amines) is 1. The molecule has 1 amide bonds. The summed E-state index contributed by atoms with van der Waals surface area (Å²) in [7, 11) is 2.41. The monoisotopic (exact) mass is 255 g/mol. The maximum absolute atomic E-state index is 11.9. The van der Waals surface area contributed by atoms with E-state index in [1.807, 2.05) is 0 Å². The number of hydrogen-bond donors (Lipinski definition) is 0. The van der Waals surface area contributed by atoms with Crippen LogP contribution in [0.15, 0.2) is 11.8 Å². The summed E-state index contributed by atoms with van der Waals surface area (Å²) in [6.07, 6.45) is 3.88. The molecule has 0 radical (unpaired) electrons. The Labute approximate surface area is 106 Å². The Bertz CT molecular complexity index is 375. The summed E-state index contributed by atoms with van der Waals surface area (Å²) >= 11 is 0. The van der Waals surface area contributed by atoms with Crippen molar-refractivity contribution in [3.8, 4) is 0 Å². The Kier molecular flexibility index (Phi) is 5.35. The Morgan fingerprint density at radius 3 is 2.50 bits per heavy atom. The lowest BCUT2D eigenvalue weighted by molar-refractivity contribution is -0.143. The van der Waals surface area contributed by atoms with E-state index in [4.69, 9.17) is 0 Å². The second-order valence-corrected chi connectivity index (χ2v) is 3.90. The minimum absolute atomic E-state index is 0.0590. The number of ether oxygens (including phenoxy) is 2. The van der Waals surface area contributed by atoms with Gasteiger partial charge in [-0.3, -0.25) is 4.79 Å². The molecule has 18 heavy (non-hydrogen) atoms. The van der Waals surface area contributed by atoms with E-state index in [1.54, 1.807) is 0 Å². The van der Waals surface area contributed by atoms with Gasteiger partial charge in [0.05, 0.1) is 20.3 Å². The highest BCUT2D eigenvalue weighted by molar-refractivity contribution is 5.99. The second kappa shape index (κ2) is 6.78. The predicted octanol–water partition coefficient (Wildman–Crippen LogP) is 0.619. The number of methoxy groups -OCH3 is 2. The van der Waals surface area contributed by atoms with Crippen LogP contribution in [0.25, 0.3) is 0 Å². The molecule has 0 spiro atoms. The van der Waals surface area contributed by atoms with Crippen LogP contribution in [0.5, 0.6) is 0 Å². The van der Waals surface area contributed by atoms with Gasteiger partial charge in [0.1, 0.15) is 5.70 Å². The SMILES string of the molecule is COC(=O)/C=C(\C(=O)OC)N1CCCCCC1=O. The third-order valence-corrected chi connectivity index (χ3v) is 2.71. The van der Waals surface area contributed by atoms with Crippen LogP contribution in [0.1, 0.15) is 25.7 Å². The number of nitrogens with zero attached hydrogens (tertiary/aromatic N) is 1. The molecule has 0 atom stereocenters. The van der Waals surface area contributed by atoms with E-state index in [9.17, 15) is 14.4 Å². The van der Waals surface area contributed by atoms with E-state index in [2.05, 4.69) is 9.47 Å². The highest BCUT2D eigenvalue weighted by atomic mass is 16.5. The maximum atomic E-state index is 11.9. The third-order valence-electron chi connectivity index (χ3n) is 2.71. The van der Waals surface area contributed by atoms with Crippen molar-refractivity contribution in [3.63, 3.8) is 0 Å². The van der Waals surface area contributed by atoms with Gasteiger partial charge >= 0.3 is 11.9 Å². The smallest absolute Gasteiger partial charge is 0.355 e. The zero-order chi connectivity index (χ0) is 13.5. The summed E-state index contributed by atoms with van der Waals surface area (Å²) in [6.45, 7) is 0.413. The van der Waals surface area contributed by atoms with Crippen molar-refractivity contribution in [2.75, 3.05) is 20.8 Å². The van der Waals surface area contributed by atoms with Crippen LogP contribution in [-0.4, -0.2) is 43.5 Å². The largest absolute Gasteiger partial charge is 0.466 e. The van der Waals surface area contributed by atoms with E-state index in [1.165, 1.54) is 19.1 Å². The molecule has 0 unspecified atom stereocenters.